The van der Waals surface area contributed by atoms with Crippen molar-refractivity contribution in [2.75, 3.05) is 7.11 Å². The summed E-state index contributed by atoms with van der Waals surface area (Å²) in [7, 11) is 1.62. The Kier molecular flexibility index (Phi) is 7.06. The van der Waals surface area contributed by atoms with Gasteiger partial charge in [0.1, 0.15) is 11.7 Å². The number of benzene rings is 2. The molecule has 0 bridgehead atoms. The third-order valence-corrected chi connectivity index (χ3v) is 7.07. The van der Waals surface area contributed by atoms with Gasteiger partial charge in [-0.2, -0.15) is 0 Å². The number of ketones is 1. The van der Waals surface area contributed by atoms with Gasteiger partial charge >= 0.3 is 5.97 Å². The minimum Gasteiger partial charge on any atom is -0.497 e. The molecule has 0 aromatic heterocycles. The van der Waals surface area contributed by atoms with Gasteiger partial charge in [0.05, 0.1) is 23.3 Å². The van der Waals surface area contributed by atoms with Crippen LogP contribution in [-0.4, -0.2) is 25.0 Å². The number of hydrogen-bond donors (Lipinski definition) is 1. The molecule has 0 saturated carbocycles. The predicted octanol–water partition coefficient (Wildman–Crippen LogP) is 6.17. The van der Waals surface area contributed by atoms with E-state index in [-0.39, 0.29) is 17.8 Å². The van der Waals surface area contributed by atoms with Crippen LogP contribution in [0.4, 0.5) is 0 Å². The average molecular weight is 500 g/mol. The van der Waals surface area contributed by atoms with Gasteiger partial charge in [0.25, 0.3) is 0 Å². The lowest BCUT2D eigenvalue weighted by Gasteiger charge is -2.40. The van der Waals surface area contributed by atoms with E-state index >= 15 is 0 Å². The van der Waals surface area contributed by atoms with E-state index in [1.54, 1.807) is 39.2 Å². The second-order valence-corrected chi connectivity index (χ2v) is 9.77. The fourth-order valence-corrected chi connectivity index (χ4v) is 5.12. The lowest BCUT2D eigenvalue weighted by atomic mass is 9.69. The van der Waals surface area contributed by atoms with E-state index < -0.39 is 17.8 Å². The third-order valence-electron chi connectivity index (χ3n) is 6.33. The summed E-state index contributed by atoms with van der Waals surface area (Å²) >= 11 is 12.5. The summed E-state index contributed by atoms with van der Waals surface area (Å²) in [6.45, 7) is 7.73. The van der Waals surface area contributed by atoms with E-state index in [0.717, 1.165) is 22.6 Å². The number of hydrogen-bond acceptors (Lipinski definition) is 5. The highest BCUT2D eigenvalue weighted by atomic mass is 35.5. The number of esters is 1. The number of nitrogens with one attached hydrogen (secondary N) is 1. The predicted molar refractivity (Wildman–Crippen MR) is 133 cm³/mol. The van der Waals surface area contributed by atoms with Crippen molar-refractivity contribution in [3.8, 4) is 5.75 Å². The largest absolute Gasteiger partial charge is 0.497 e. The van der Waals surface area contributed by atoms with Crippen molar-refractivity contribution >= 4 is 35.0 Å². The summed E-state index contributed by atoms with van der Waals surface area (Å²) in [6, 6.07) is 13.0. The van der Waals surface area contributed by atoms with Crippen molar-refractivity contribution < 1.29 is 19.1 Å². The van der Waals surface area contributed by atoms with Gasteiger partial charge in [0.2, 0.25) is 0 Å². The number of methoxy groups -OCH3 is 1. The normalized spacial score (nSPS) is 22.4. The maximum atomic E-state index is 13.6. The molecule has 1 aliphatic carbocycles. The van der Waals surface area contributed by atoms with Crippen LogP contribution in [0.2, 0.25) is 10.0 Å². The van der Waals surface area contributed by atoms with E-state index in [0.29, 0.717) is 34.2 Å². The number of carbonyl (C=O) groups is 2. The minimum atomic E-state index is -0.764. The Morgan fingerprint density at radius 1 is 1.06 bits per heavy atom. The van der Waals surface area contributed by atoms with Gasteiger partial charge in [-0.05, 0) is 61.6 Å². The molecule has 1 heterocycles. The number of carbonyl (C=O) groups excluding carboxylic acids is 2. The summed E-state index contributed by atoms with van der Waals surface area (Å²) in [4.78, 5) is 26.8. The Hall–Kier alpha value is -2.76. The molecule has 34 heavy (non-hydrogen) atoms. The summed E-state index contributed by atoms with van der Waals surface area (Å²) in [6.07, 6.45) is 0.658. The Labute approximate surface area is 209 Å². The van der Waals surface area contributed by atoms with Gasteiger partial charge < -0.3 is 14.8 Å². The van der Waals surface area contributed by atoms with Crippen molar-refractivity contribution in [2.45, 2.75) is 44.6 Å². The van der Waals surface area contributed by atoms with Crippen molar-refractivity contribution in [1.82, 2.24) is 5.32 Å². The van der Waals surface area contributed by atoms with E-state index in [9.17, 15) is 9.59 Å². The molecule has 5 nitrogen and oxygen atoms in total. The summed E-state index contributed by atoms with van der Waals surface area (Å²) in [5.74, 6) is -0.998. The number of halogens is 2. The SMILES string of the molecule is C=C1NC2=C(C(=O)CC(c3ccc(OC)cc3)C2)C(c2ccc(Cl)c(Cl)c2)C1C(=O)OC(C)C. The van der Waals surface area contributed by atoms with Crippen LogP contribution in [0.1, 0.15) is 49.7 Å². The van der Waals surface area contributed by atoms with Crippen molar-refractivity contribution in [2.24, 2.45) is 5.92 Å². The molecule has 3 atom stereocenters. The first-order valence-electron chi connectivity index (χ1n) is 11.2. The van der Waals surface area contributed by atoms with Gasteiger partial charge in [0, 0.05) is 29.3 Å². The van der Waals surface area contributed by atoms with Crippen molar-refractivity contribution in [3.05, 3.63) is 87.2 Å². The second-order valence-electron chi connectivity index (χ2n) is 8.96. The number of rotatable bonds is 5. The molecule has 4 rings (SSSR count). The zero-order valence-corrected chi connectivity index (χ0v) is 20.9. The molecule has 2 aliphatic rings. The maximum Gasteiger partial charge on any atom is 0.316 e. The fraction of sp³-hybridized carbons (Fsp3) is 0.333. The number of ether oxygens (including phenoxy) is 2. The van der Waals surface area contributed by atoms with Crippen LogP contribution in [0.15, 0.2) is 66.0 Å². The molecular formula is C27H27Cl2NO4. The highest BCUT2D eigenvalue weighted by Gasteiger charge is 2.45. The van der Waals surface area contributed by atoms with Crippen LogP contribution in [0.25, 0.3) is 0 Å². The van der Waals surface area contributed by atoms with Crippen LogP contribution in [0, 0.1) is 5.92 Å². The van der Waals surface area contributed by atoms with Crippen LogP contribution in [-0.2, 0) is 14.3 Å². The molecule has 0 saturated heterocycles. The Balaban J connectivity index is 1.78. The molecule has 2 aromatic rings. The monoisotopic (exact) mass is 499 g/mol. The molecule has 0 fully saturated rings. The number of Topliss-reactive ketones (excluding diaryl/α,β-unsaturated/α-hetero) is 1. The number of allylic oxidation sites excluding steroid dienone is 2. The van der Waals surface area contributed by atoms with Crippen LogP contribution in [0.5, 0.6) is 5.75 Å². The fourth-order valence-electron chi connectivity index (χ4n) is 4.81. The summed E-state index contributed by atoms with van der Waals surface area (Å²) in [5.41, 5.74) is 3.66. The first-order valence-corrected chi connectivity index (χ1v) is 12.0. The second kappa shape index (κ2) is 9.85. The molecule has 178 valence electrons. The molecule has 0 spiro atoms. The van der Waals surface area contributed by atoms with Crippen LogP contribution < -0.4 is 10.1 Å². The van der Waals surface area contributed by atoms with Gasteiger partial charge in [0.15, 0.2) is 5.78 Å². The lowest BCUT2D eigenvalue weighted by Crippen LogP contribution is -2.42. The first kappa shape index (κ1) is 24.4. The highest BCUT2D eigenvalue weighted by molar-refractivity contribution is 6.42. The molecule has 0 radical (unpaired) electrons. The summed E-state index contributed by atoms with van der Waals surface area (Å²) in [5, 5.41) is 4.05. The van der Waals surface area contributed by atoms with E-state index in [1.165, 1.54) is 0 Å². The van der Waals surface area contributed by atoms with Gasteiger partial charge in [-0.25, -0.2) is 0 Å². The quantitative estimate of drug-likeness (QED) is 0.498. The van der Waals surface area contributed by atoms with E-state index in [1.807, 2.05) is 24.3 Å². The molecule has 1 N–H and O–H groups in total. The highest BCUT2D eigenvalue weighted by Crippen LogP contribution is 2.48. The maximum absolute atomic E-state index is 13.6. The Morgan fingerprint density at radius 2 is 1.74 bits per heavy atom. The Morgan fingerprint density at radius 3 is 2.35 bits per heavy atom. The average Bonchev–Trinajstić information content (AvgIpc) is 2.79. The van der Waals surface area contributed by atoms with Crippen LogP contribution in [0.3, 0.4) is 0 Å². The zero-order valence-electron chi connectivity index (χ0n) is 19.4. The zero-order chi connectivity index (χ0) is 24.6. The smallest absolute Gasteiger partial charge is 0.316 e. The lowest BCUT2D eigenvalue weighted by molar-refractivity contribution is -0.151. The molecule has 1 aliphatic heterocycles. The Bertz CT molecular complexity index is 1170. The molecular weight excluding hydrogens is 473 g/mol. The standard InChI is InChI=1S/C27H27Cl2NO4/c1-14(2)34-27(32)24-15(3)30-22-12-18(16-5-8-19(33-4)9-6-16)13-23(31)26(22)25(24)17-7-10-20(28)21(29)11-17/h5-11,14,18,24-25,30H,3,12-13H2,1-2,4H3. The molecule has 0 amide bonds. The molecule has 7 heteroatoms. The van der Waals surface area contributed by atoms with Gasteiger partial charge in [-0.3, -0.25) is 9.59 Å². The third kappa shape index (κ3) is 4.73. The molecule has 2 aromatic carbocycles. The van der Waals surface area contributed by atoms with Gasteiger partial charge in [-0.1, -0.05) is 48.0 Å². The van der Waals surface area contributed by atoms with Crippen LogP contribution >= 0.6 is 23.2 Å². The minimum absolute atomic E-state index is 0.00563. The molecule has 3 unspecified atom stereocenters. The van der Waals surface area contributed by atoms with Crippen molar-refractivity contribution in [3.63, 3.8) is 0 Å². The first-order chi connectivity index (χ1) is 16.2. The van der Waals surface area contributed by atoms with E-state index in [2.05, 4.69) is 11.9 Å². The van der Waals surface area contributed by atoms with Crippen molar-refractivity contribution in [1.29, 1.82) is 0 Å². The summed E-state index contributed by atoms with van der Waals surface area (Å²) < 4.78 is 10.8. The topological polar surface area (TPSA) is 64.6 Å². The van der Waals surface area contributed by atoms with E-state index in [4.69, 9.17) is 32.7 Å². The van der Waals surface area contributed by atoms with Gasteiger partial charge in [-0.15, -0.1) is 0 Å².